The molecule has 2 rings (SSSR count). The second-order valence-corrected chi connectivity index (χ2v) is 4.44. The highest BCUT2D eigenvalue weighted by molar-refractivity contribution is 5.28. The van der Waals surface area contributed by atoms with Gasteiger partial charge in [-0.05, 0) is 24.0 Å². The maximum absolute atomic E-state index is 4.36. The van der Waals surface area contributed by atoms with E-state index >= 15 is 0 Å². The standard InChI is InChI=1S/C13H19N5/c1-4-11-7-14-13(15-8-11)17(2)6-5-12-9-16-18(3)10-12/h7-10H,4-6H2,1-3H3. The summed E-state index contributed by atoms with van der Waals surface area (Å²) in [6.45, 7) is 2.99. The molecule has 0 fully saturated rings. The molecule has 0 saturated carbocycles. The maximum Gasteiger partial charge on any atom is 0.225 e. The quantitative estimate of drug-likeness (QED) is 0.800. The largest absolute Gasteiger partial charge is 0.344 e. The van der Waals surface area contributed by atoms with Gasteiger partial charge in [-0.1, -0.05) is 6.92 Å². The molecule has 0 bridgehead atoms. The molecule has 0 aliphatic rings. The number of aromatic nitrogens is 4. The molecule has 5 nitrogen and oxygen atoms in total. The monoisotopic (exact) mass is 245 g/mol. The number of hydrogen-bond donors (Lipinski definition) is 0. The van der Waals surface area contributed by atoms with Crippen LogP contribution in [0.2, 0.25) is 0 Å². The Labute approximate surface area is 107 Å². The predicted octanol–water partition coefficient (Wildman–Crippen LogP) is 1.45. The summed E-state index contributed by atoms with van der Waals surface area (Å²) in [6.07, 6.45) is 9.64. The van der Waals surface area contributed by atoms with E-state index < -0.39 is 0 Å². The van der Waals surface area contributed by atoms with Crippen molar-refractivity contribution in [3.63, 3.8) is 0 Å². The smallest absolute Gasteiger partial charge is 0.225 e. The maximum atomic E-state index is 4.36. The molecular formula is C13H19N5. The minimum Gasteiger partial charge on any atom is -0.344 e. The molecule has 0 aliphatic heterocycles. The lowest BCUT2D eigenvalue weighted by Crippen LogP contribution is -2.22. The van der Waals surface area contributed by atoms with Gasteiger partial charge >= 0.3 is 0 Å². The summed E-state index contributed by atoms with van der Waals surface area (Å²) >= 11 is 0. The third-order valence-corrected chi connectivity index (χ3v) is 2.94. The van der Waals surface area contributed by atoms with Crippen LogP contribution in [0.4, 0.5) is 5.95 Å². The number of aryl methyl sites for hydroxylation is 2. The first kappa shape index (κ1) is 12.5. The molecule has 0 atom stereocenters. The van der Waals surface area contributed by atoms with E-state index in [-0.39, 0.29) is 0 Å². The topological polar surface area (TPSA) is 46.8 Å². The SMILES string of the molecule is CCc1cnc(N(C)CCc2cnn(C)c2)nc1. The molecule has 96 valence electrons. The van der Waals surface area contributed by atoms with E-state index in [4.69, 9.17) is 0 Å². The zero-order chi connectivity index (χ0) is 13.0. The summed E-state index contributed by atoms with van der Waals surface area (Å²) in [6, 6.07) is 0. The summed E-state index contributed by atoms with van der Waals surface area (Å²) in [4.78, 5) is 10.8. The molecule has 2 aromatic rings. The molecule has 0 saturated heterocycles. The molecule has 0 N–H and O–H groups in total. The zero-order valence-corrected chi connectivity index (χ0v) is 11.2. The Morgan fingerprint density at radius 2 is 1.89 bits per heavy atom. The Balaban J connectivity index is 1.92. The summed E-state index contributed by atoms with van der Waals surface area (Å²) in [7, 11) is 3.94. The van der Waals surface area contributed by atoms with Crippen LogP contribution in [-0.4, -0.2) is 33.3 Å². The van der Waals surface area contributed by atoms with E-state index in [0.717, 1.165) is 25.3 Å². The second kappa shape index (κ2) is 5.62. The van der Waals surface area contributed by atoms with Crippen LogP contribution in [0, 0.1) is 0 Å². The molecule has 0 radical (unpaired) electrons. The van der Waals surface area contributed by atoms with Crippen LogP contribution in [0.3, 0.4) is 0 Å². The normalized spacial score (nSPS) is 10.6. The van der Waals surface area contributed by atoms with E-state index in [0.29, 0.717) is 0 Å². The average molecular weight is 245 g/mol. The zero-order valence-electron chi connectivity index (χ0n) is 11.2. The van der Waals surface area contributed by atoms with Gasteiger partial charge in [0.25, 0.3) is 0 Å². The van der Waals surface area contributed by atoms with Crippen molar-refractivity contribution in [3.8, 4) is 0 Å². The lowest BCUT2D eigenvalue weighted by molar-refractivity contribution is 0.766. The highest BCUT2D eigenvalue weighted by Gasteiger charge is 2.05. The van der Waals surface area contributed by atoms with E-state index in [9.17, 15) is 0 Å². The Morgan fingerprint density at radius 1 is 1.17 bits per heavy atom. The van der Waals surface area contributed by atoms with E-state index in [1.165, 1.54) is 11.1 Å². The number of anilines is 1. The van der Waals surface area contributed by atoms with Crippen LogP contribution in [0.15, 0.2) is 24.8 Å². The number of likely N-dealkylation sites (N-methyl/N-ethyl adjacent to an activating group) is 1. The molecule has 0 unspecified atom stereocenters. The number of hydrogen-bond acceptors (Lipinski definition) is 4. The summed E-state index contributed by atoms with van der Waals surface area (Å²) < 4.78 is 1.82. The fourth-order valence-electron chi connectivity index (χ4n) is 1.73. The molecule has 18 heavy (non-hydrogen) atoms. The van der Waals surface area contributed by atoms with Crippen LogP contribution >= 0.6 is 0 Å². The van der Waals surface area contributed by atoms with E-state index in [1.54, 1.807) is 0 Å². The molecule has 0 spiro atoms. The number of nitrogens with zero attached hydrogens (tertiary/aromatic N) is 5. The van der Waals surface area contributed by atoms with Gasteiger partial charge in [0.1, 0.15) is 0 Å². The van der Waals surface area contributed by atoms with Crippen LogP contribution in [0.5, 0.6) is 0 Å². The van der Waals surface area contributed by atoms with Gasteiger partial charge in [-0.3, -0.25) is 4.68 Å². The first-order valence-corrected chi connectivity index (χ1v) is 6.18. The van der Waals surface area contributed by atoms with E-state index in [1.807, 2.05) is 43.6 Å². The Kier molecular flexibility index (Phi) is 3.92. The van der Waals surface area contributed by atoms with Gasteiger partial charge < -0.3 is 4.90 Å². The fraction of sp³-hybridized carbons (Fsp3) is 0.462. The average Bonchev–Trinajstić information content (AvgIpc) is 2.82. The Morgan fingerprint density at radius 3 is 2.44 bits per heavy atom. The van der Waals surface area contributed by atoms with Crippen LogP contribution in [0.25, 0.3) is 0 Å². The van der Waals surface area contributed by atoms with Crippen molar-refractivity contribution in [2.45, 2.75) is 19.8 Å². The van der Waals surface area contributed by atoms with Gasteiger partial charge in [-0.2, -0.15) is 5.10 Å². The second-order valence-electron chi connectivity index (χ2n) is 4.44. The van der Waals surface area contributed by atoms with Crippen molar-refractivity contribution in [2.75, 3.05) is 18.5 Å². The van der Waals surface area contributed by atoms with Gasteiger partial charge in [-0.15, -0.1) is 0 Å². The van der Waals surface area contributed by atoms with Crippen molar-refractivity contribution in [1.82, 2.24) is 19.7 Å². The van der Waals surface area contributed by atoms with Gasteiger partial charge in [-0.25, -0.2) is 9.97 Å². The van der Waals surface area contributed by atoms with Crippen molar-refractivity contribution in [1.29, 1.82) is 0 Å². The molecule has 5 heteroatoms. The van der Waals surface area contributed by atoms with Gasteiger partial charge in [0.15, 0.2) is 0 Å². The van der Waals surface area contributed by atoms with Crippen molar-refractivity contribution >= 4 is 5.95 Å². The molecule has 0 aromatic carbocycles. The molecule has 2 aromatic heterocycles. The minimum atomic E-state index is 0.774. The van der Waals surface area contributed by atoms with Crippen molar-refractivity contribution < 1.29 is 0 Å². The third-order valence-electron chi connectivity index (χ3n) is 2.94. The van der Waals surface area contributed by atoms with Gasteiger partial charge in [0, 0.05) is 39.2 Å². The third kappa shape index (κ3) is 3.06. The lowest BCUT2D eigenvalue weighted by atomic mass is 10.2. The van der Waals surface area contributed by atoms with Crippen molar-refractivity contribution in [2.24, 2.45) is 7.05 Å². The van der Waals surface area contributed by atoms with Gasteiger partial charge in [0.2, 0.25) is 5.95 Å². The first-order valence-electron chi connectivity index (χ1n) is 6.18. The number of rotatable bonds is 5. The molecule has 0 aliphatic carbocycles. The lowest BCUT2D eigenvalue weighted by Gasteiger charge is -2.16. The molecule has 0 amide bonds. The summed E-state index contributed by atoms with van der Waals surface area (Å²) in [5, 5.41) is 4.16. The van der Waals surface area contributed by atoms with Crippen LogP contribution < -0.4 is 4.90 Å². The van der Waals surface area contributed by atoms with Crippen LogP contribution in [-0.2, 0) is 19.9 Å². The molecule has 2 heterocycles. The highest BCUT2D eigenvalue weighted by Crippen LogP contribution is 2.07. The van der Waals surface area contributed by atoms with Crippen molar-refractivity contribution in [3.05, 3.63) is 35.9 Å². The highest BCUT2D eigenvalue weighted by atomic mass is 15.2. The van der Waals surface area contributed by atoms with E-state index in [2.05, 4.69) is 26.9 Å². The fourth-order valence-corrected chi connectivity index (χ4v) is 1.73. The Bertz CT molecular complexity index is 488. The first-order chi connectivity index (χ1) is 8.69. The summed E-state index contributed by atoms with van der Waals surface area (Å²) in [5.41, 5.74) is 2.40. The minimum absolute atomic E-state index is 0.774. The predicted molar refractivity (Wildman–Crippen MR) is 71.6 cm³/mol. The van der Waals surface area contributed by atoms with Gasteiger partial charge in [0.05, 0.1) is 6.20 Å². The Hall–Kier alpha value is -1.91. The summed E-state index contributed by atoms with van der Waals surface area (Å²) in [5.74, 6) is 0.774. The van der Waals surface area contributed by atoms with Crippen LogP contribution in [0.1, 0.15) is 18.1 Å². The molecular weight excluding hydrogens is 226 g/mol.